The molecule has 5 nitrogen and oxygen atoms in total. The van der Waals surface area contributed by atoms with Gasteiger partial charge in [0.05, 0.1) is 19.0 Å². The van der Waals surface area contributed by atoms with E-state index in [-0.39, 0.29) is 24.0 Å². The number of benzene rings is 1. The standard InChI is InChI=1S/C21H26N2O3/c1-2-3-4-8-11-19(24)22-13-12-21-18(22)14-20(25)23(21)15-17(26-21)16-9-6-5-7-10-16/h2-3,5-7,9-10,17-18H,4,8,11-15H2,1H3/b3-2+/t17-,18+,21-/m0/s1. The van der Waals surface area contributed by atoms with Gasteiger partial charge in [-0.2, -0.15) is 0 Å². The zero-order chi connectivity index (χ0) is 18.1. The molecular weight excluding hydrogens is 328 g/mol. The summed E-state index contributed by atoms with van der Waals surface area (Å²) in [5.41, 5.74) is 0.482. The lowest BCUT2D eigenvalue weighted by Gasteiger charge is -2.32. The van der Waals surface area contributed by atoms with Gasteiger partial charge in [0.1, 0.15) is 6.10 Å². The van der Waals surface area contributed by atoms with E-state index in [4.69, 9.17) is 4.74 Å². The molecule has 1 aromatic rings. The minimum atomic E-state index is -0.615. The molecule has 0 unspecified atom stereocenters. The quantitative estimate of drug-likeness (QED) is 0.603. The Morgan fingerprint density at radius 1 is 1.35 bits per heavy atom. The molecule has 1 aromatic carbocycles. The van der Waals surface area contributed by atoms with Crippen LogP contribution in [0, 0.1) is 0 Å². The van der Waals surface area contributed by atoms with Gasteiger partial charge in [-0.1, -0.05) is 42.5 Å². The van der Waals surface area contributed by atoms with Crippen molar-refractivity contribution in [1.29, 1.82) is 0 Å². The SMILES string of the molecule is C/C=C/CCCC(=O)N1CC[C@@]23O[C@H](c4ccccc4)CN2C(=O)C[C@@H]13. The summed E-state index contributed by atoms with van der Waals surface area (Å²) >= 11 is 0. The van der Waals surface area contributed by atoms with Crippen molar-refractivity contribution in [3.05, 3.63) is 48.0 Å². The highest BCUT2D eigenvalue weighted by molar-refractivity contribution is 5.84. The van der Waals surface area contributed by atoms with Gasteiger partial charge >= 0.3 is 0 Å². The first kappa shape index (κ1) is 17.3. The Bertz CT molecular complexity index is 717. The van der Waals surface area contributed by atoms with Crippen LogP contribution in [0.5, 0.6) is 0 Å². The van der Waals surface area contributed by atoms with E-state index < -0.39 is 5.72 Å². The van der Waals surface area contributed by atoms with Gasteiger partial charge in [0.25, 0.3) is 0 Å². The number of hydrogen-bond donors (Lipinski definition) is 0. The second-order valence-electron chi connectivity index (χ2n) is 7.38. The minimum absolute atomic E-state index is 0.104. The molecule has 0 saturated carbocycles. The Hall–Kier alpha value is -2.14. The molecule has 3 heterocycles. The van der Waals surface area contributed by atoms with Crippen LogP contribution in [0.15, 0.2) is 42.5 Å². The summed E-state index contributed by atoms with van der Waals surface area (Å²) in [6.07, 6.45) is 7.41. The van der Waals surface area contributed by atoms with Crippen LogP contribution in [0.25, 0.3) is 0 Å². The minimum Gasteiger partial charge on any atom is -0.343 e. The van der Waals surface area contributed by atoms with Crippen molar-refractivity contribution < 1.29 is 14.3 Å². The summed E-state index contributed by atoms with van der Waals surface area (Å²) in [7, 11) is 0. The molecule has 4 rings (SSSR count). The van der Waals surface area contributed by atoms with Crippen molar-refractivity contribution in [2.24, 2.45) is 0 Å². The first-order valence-corrected chi connectivity index (χ1v) is 9.59. The number of carbonyl (C=O) groups excluding carboxylic acids is 2. The van der Waals surface area contributed by atoms with E-state index in [1.54, 1.807) is 0 Å². The number of likely N-dealkylation sites (tertiary alicyclic amines) is 1. The van der Waals surface area contributed by atoms with Crippen molar-refractivity contribution in [3.8, 4) is 0 Å². The molecule has 3 atom stereocenters. The molecule has 0 radical (unpaired) electrons. The van der Waals surface area contributed by atoms with E-state index >= 15 is 0 Å². The number of unbranched alkanes of at least 4 members (excludes halogenated alkanes) is 1. The van der Waals surface area contributed by atoms with Crippen LogP contribution in [0.4, 0.5) is 0 Å². The van der Waals surface area contributed by atoms with E-state index in [0.29, 0.717) is 32.4 Å². The maximum Gasteiger partial charge on any atom is 0.227 e. The average molecular weight is 354 g/mol. The summed E-state index contributed by atoms with van der Waals surface area (Å²) in [4.78, 5) is 29.1. The van der Waals surface area contributed by atoms with Gasteiger partial charge in [0, 0.05) is 19.4 Å². The molecule has 0 bridgehead atoms. The number of nitrogens with zero attached hydrogens (tertiary/aromatic N) is 2. The fourth-order valence-corrected chi connectivity index (χ4v) is 4.65. The first-order valence-electron chi connectivity index (χ1n) is 9.59. The lowest BCUT2D eigenvalue weighted by Crippen LogP contribution is -2.48. The average Bonchev–Trinajstić information content (AvgIpc) is 3.28. The van der Waals surface area contributed by atoms with Crippen molar-refractivity contribution in [1.82, 2.24) is 9.80 Å². The van der Waals surface area contributed by atoms with Crippen LogP contribution in [-0.2, 0) is 14.3 Å². The fourth-order valence-electron chi connectivity index (χ4n) is 4.65. The van der Waals surface area contributed by atoms with Gasteiger partial charge in [-0.15, -0.1) is 0 Å². The predicted octanol–water partition coefficient (Wildman–Crippen LogP) is 3.03. The molecule has 2 amide bonds. The maximum atomic E-state index is 12.7. The fraction of sp³-hybridized carbons (Fsp3) is 0.524. The summed E-state index contributed by atoms with van der Waals surface area (Å²) in [5.74, 6) is 0.262. The van der Waals surface area contributed by atoms with Crippen LogP contribution >= 0.6 is 0 Å². The zero-order valence-electron chi connectivity index (χ0n) is 15.3. The molecule has 1 spiro atoms. The van der Waals surface area contributed by atoms with Gasteiger partial charge in [0.2, 0.25) is 11.8 Å². The molecule has 26 heavy (non-hydrogen) atoms. The third-order valence-electron chi connectivity index (χ3n) is 5.92. The second kappa shape index (κ2) is 6.88. The van der Waals surface area contributed by atoms with Crippen molar-refractivity contribution >= 4 is 11.8 Å². The first-order chi connectivity index (χ1) is 12.7. The molecule has 0 aliphatic carbocycles. The normalized spacial score (nSPS) is 30.3. The number of rotatable bonds is 5. The van der Waals surface area contributed by atoms with E-state index in [1.807, 2.05) is 53.1 Å². The van der Waals surface area contributed by atoms with Crippen LogP contribution in [0.1, 0.15) is 50.7 Å². The molecule has 138 valence electrons. The largest absolute Gasteiger partial charge is 0.343 e. The van der Waals surface area contributed by atoms with Gasteiger partial charge in [-0.05, 0) is 25.3 Å². The van der Waals surface area contributed by atoms with E-state index in [2.05, 4.69) is 6.08 Å². The highest BCUT2D eigenvalue weighted by atomic mass is 16.5. The molecule has 3 saturated heterocycles. The smallest absolute Gasteiger partial charge is 0.227 e. The highest BCUT2D eigenvalue weighted by Crippen LogP contribution is 2.50. The van der Waals surface area contributed by atoms with Crippen LogP contribution < -0.4 is 0 Å². The van der Waals surface area contributed by atoms with E-state index in [9.17, 15) is 9.59 Å². The lowest BCUT2D eigenvalue weighted by molar-refractivity contribution is -0.142. The molecule has 0 aromatic heterocycles. The van der Waals surface area contributed by atoms with Gasteiger partial charge in [0.15, 0.2) is 5.72 Å². The molecular formula is C21H26N2O3. The van der Waals surface area contributed by atoms with Gasteiger partial charge < -0.3 is 14.5 Å². The Kier molecular flexibility index (Phi) is 4.57. The third-order valence-corrected chi connectivity index (χ3v) is 5.92. The molecule has 3 fully saturated rings. The number of amides is 2. The van der Waals surface area contributed by atoms with Crippen LogP contribution in [0.2, 0.25) is 0 Å². The Morgan fingerprint density at radius 2 is 2.15 bits per heavy atom. The number of carbonyl (C=O) groups is 2. The molecule has 3 aliphatic rings. The summed E-state index contributed by atoms with van der Waals surface area (Å²) in [6.45, 7) is 3.26. The molecule has 3 aliphatic heterocycles. The Labute approximate surface area is 154 Å². The Balaban J connectivity index is 1.49. The lowest BCUT2D eigenvalue weighted by atomic mass is 10.1. The molecule has 0 N–H and O–H groups in total. The summed E-state index contributed by atoms with van der Waals surface area (Å²) in [5, 5.41) is 0. The van der Waals surface area contributed by atoms with Crippen LogP contribution in [0.3, 0.4) is 0 Å². The van der Waals surface area contributed by atoms with Crippen molar-refractivity contribution in [2.45, 2.75) is 56.9 Å². The summed E-state index contributed by atoms with van der Waals surface area (Å²) in [6, 6.07) is 9.92. The third kappa shape index (κ3) is 2.75. The van der Waals surface area contributed by atoms with E-state index in [0.717, 1.165) is 18.4 Å². The number of hydrogen-bond acceptors (Lipinski definition) is 3. The van der Waals surface area contributed by atoms with Gasteiger partial charge in [-0.25, -0.2) is 0 Å². The predicted molar refractivity (Wildman–Crippen MR) is 98.1 cm³/mol. The monoisotopic (exact) mass is 354 g/mol. The van der Waals surface area contributed by atoms with Crippen LogP contribution in [-0.4, -0.2) is 46.5 Å². The van der Waals surface area contributed by atoms with Gasteiger partial charge in [-0.3, -0.25) is 9.59 Å². The Morgan fingerprint density at radius 3 is 2.92 bits per heavy atom. The number of ether oxygens (including phenoxy) is 1. The van der Waals surface area contributed by atoms with Crippen molar-refractivity contribution in [3.63, 3.8) is 0 Å². The van der Waals surface area contributed by atoms with E-state index in [1.165, 1.54) is 0 Å². The maximum absolute atomic E-state index is 12.7. The number of allylic oxidation sites excluding steroid dienone is 2. The zero-order valence-corrected chi connectivity index (χ0v) is 15.3. The second-order valence-corrected chi connectivity index (χ2v) is 7.38. The molecule has 5 heteroatoms. The van der Waals surface area contributed by atoms with Crippen molar-refractivity contribution in [2.75, 3.05) is 13.1 Å². The topological polar surface area (TPSA) is 49.9 Å². The summed E-state index contributed by atoms with van der Waals surface area (Å²) < 4.78 is 6.48. The highest BCUT2D eigenvalue weighted by Gasteiger charge is 2.64.